The van der Waals surface area contributed by atoms with Gasteiger partial charge in [-0.3, -0.25) is 4.57 Å². The van der Waals surface area contributed by atoms with Gasteiger partial charge in [-0.05, 0) is 31.9 Å². The molecule has 6 heteroatoms. The van der Waals surface area contributed by atoms with Crippen molar-refractivity contribution in [2.75, 3.05) is 26.0 Å². The number of benzene rings is 1. The third-order valence-electron chi connectivity index (χ3n) is 2.59. The Labute approximate surface area is 129 Å². The third-order valence-corrected chi connectivity index (χ3v) is 5.53. The molecule has 1 aromatic carbocycles. The van der Waals surface area contributed by atoms with Crippen LogP contribution < -0.4 is 0 Å². The predicted octanol–water partition coefficient (Wildman–Crippen LogP) is 4.62. The Kier molecular flexibility index (Phi) is 8.66. The molecule has 20 heavy (non-hydrogen) atoms. The van der Waals surface area contributed by atoms with Crippen LogP contribution in [0.15, 0.2) is 28.7 Å². The first kappa shape index (κ1) is 17.9. The monoisotopic (exact) mass is 364 g/mol. The molecule has 0 spiro atoms. The molecule has 0 saturated heterocycles. The lowest BCUT2D eigenvalue weighted by molar-refractivity contribution is 0.119. The second kappa shape index (κ2) is 9.69. The minimum absolute atomic E-state index is 0.393. The van der Waals surface area contributed by atoms with E-state index in [1.165, 1.54) is 0 Å². The van der Waals surface area contributed by atoms with E-state index in [1.54, 1.807) is 0 Å². The second-order valence-electron chi connectivity index (χ2n) is 4.17. The molecule has 0 aromatic heterocycles. The molecule has 0 amide bonds. The smallest absolute Gasteiger partial charge is 0.330 e. The van der Waals surface area contributed by atoms with Gasteiger partial charge in [0, 0.05) is 11.1 Å². The molecule has 0 saturated carbocycles. The summed E-state index contributed by atoms with van der Waals surface area (Å²) < 4.78 is 29.3. The van der Waals surface area contributed by atoms with Gasteiger partial charge in [-0.15, -0.1) is 0 Å². The van der Waals surface area contributed by atoms with E-state index >= 15 is 0 Å². The summed E-state index contributed by atoms with van der Waals surface area (Å²) >= 11 is 3.47. The lowest BCUT2D eigenvalue weighted by Gasteiger charge is -2.16. The summed E-state index contributed by atoms with van der Waals surface area (Å²) in [4.78, 5) is 0. The Morgan fingerprint density at radius 3 is 2.40 bits per heavy atom. The van der Waals surface area contributed by atoms with Crippen LogP contribution in [0, 0.1) is 0 Å². The maximum absolute atomic E-state index is 12.2. The van der Waals surface area contributed by atoms with E-state index in [0.29, 0.717) is 39.0 Å². The second-order valence-corrected chi connectivity index (χ2v) is 7.21. The molecule has 0 aliphatic heterocycles. The fourth-order valence-corrected chi connectivity index (χ4v) is 3.75. The van der Waals surface area contributed by atoms with Gasteiger partial charge >= 0.3 is 7.60 Å². The van der Waals surface area contributed by atoms with E-state index in [0.717, 1.165) is 10.0 Å². The fraction of sp³-hybridized carbons (Fsp3) is 0.571. The molecule has 0 N–H and O–H groups in total. The number of hydrogen-bond donors (Lipinski definition) is 0. The highest BCUT2D eigenvalue weighted by Gasteiger charge is 2.22. The van der Waals surface area contributed by atoms with Gasteiger partial charge in [-0.25, -0.2) is 0 Å². The minimum atomic E-state index is -2.93. The Morgan fingerprint density at radius 2 is 1.80 bits per heavy atom. The number of hydrogen-bond acceptors (Lipinski definition) is 4. The van der Waals surface area contributed by atoms with Gasteiger partial charge in [-0.1, -0.05) is 34.1 Å². The molecular formula is C14H22BrO4P. The van der Waals surface area contributed by atoms with Crippen molar-refractivity contribution in [3.63, 3.8) is 0 Å². The molecule has 0 fully saturated rings. The lowest BCUT2D eigenvalue weighted by atomic mass is 10.2. The zero-order valence-electron chi connectivity index (χ0n) is 12.0. The quantitative estimate of drug-likeness (QED) is 0.448. The van der Waals surface area contributed by atoms with Crippen LogP contribution in [-0.2, 0) is 25.0 Å². The van der Waals surface area contributed by atoms with Crippen molar-refractivity contribution in [3.05, 3.63) is 34.3 Å². The maximum Gasteiger partial charge on any atom is 0.330 e. The van der Waals surface area contributed by atoms with E-state index in [9.17, 15) is 4.57 Å². The van der Waals surface area contributed by atoms with Crippen molar-refractivity contribution in [2.24, 2.45) is 0 Å². The fourth-order valence-electron chi connectivity index (χ4n) is 1.72. The van der Waals surface area contributed by atoms with Crippen LogP contribution in [0.5, 0.6) is 0 Å². The van der Waals surface area contributed by atoms with E-state index in [4.69, 9.17) is 13.8 Å². The van der Waals surface area contributed by atoms with Crippen molar-refractivity contribution in [1.29, 1.82) is 0 Å². The van der Waals surface area contributed by atoms with Crippen LogP contribution in [0.25, 0.3) is 0 Å². The Hall–Kier alpha value is -0.190. The third kappa shape index (κ3) is 6.51. The molecule has 0 heterocycles. The zero-order valence-corrected chi connectivity index (χ0v) is 14.5. The number of rotatable bonds is 10. The molecule has 0 aliphatic carbocycles. The van der Waals surface area contributed by atoms with Gasteiger partial charge in [0.2, 0.25) is 0 Å². The average Bonchev–Trinajstić information content (AvgIpc) is 2.41. The Bertz CT molecular complexity index is 429. The first-order chi connectivity index (χ1) is 9.61. The summed E-state index contributed by atoms with van der Waals surface area (Å²) in [5, 5.41) is 0. The summed E-state index contributed by atoms with van der Waals surface area (Å²) in [6.07, 6.45) is 1.05. The highest BCUT2D eigenvalue weighted by atomic mass is 79.9. The van der Waals surface area contributed by atoms with Crippen molar-refractivity contribution < 1.29 is 18.3 Å². The van der Waals surface area contributed by atoms with Gasteiger partial charge < -0.3 is 13.8 Å². The van der Waals surface area contributed by atoms with Crippen molar-refractivity contribution in [1.82, 2.24) is 0 Å². The van der Waals surface area contributed by atoms with Crippen molar-refractivity contribution >= 4 is 23.5 Å². The predicted molar refractivity (Wildman–Crippen MR) is 84.1 cm³/mol. The van der Waals surface area contributed by atoms with Gasteiger partial charge in [-0.2, -0.15) is 0 Å². The van der Waals surface area contributed by atoms with Crippen LogP contribution in [0.3, 0.4) is 0 Å². The number of halogens is 1. The van der Waals surface area contributed by atoms with Gasteiger partial charge in [0.25, 0.3) is 0 Å². The topological polar surface area (TPSA) is 44.8 Å². The first-order valence-electron chi connectivity index (χ1n) is 6.80. The Balaban J connectivity index is 2.27. The van der Waals surface area contributed by atoms with Crippen LogP contribution in [0.2, 0.25) is 0 Å². The zero-order chi connectivity index (χ0) is 14.8. The van der Waals surface area contributed by atoms with E-state index < -0.39 is 7.60 Å². The molecule has 0 atom stereocenters. The summed E-state index contributed by atoms with van der Waals surface area (Å²) in [7, 11) is -2.93. The Morgan fingerprint density at radius 1 is 1.15 bits per heavy atom. The van der Waals surface area contributed by atoms with Crippen LogP contribution >= 0.6 is 23.5 Å². The van der Waals surface area contributed by atoms with E-state index in [-0.39, 0.29) is 0 Å². The average molecular weight is 365 g/mol. The molecule has 0 unspecified atom stereocenters. The number of ether oxygens (including phenoxy) is 1. The summed E-state index contributed by atoms with van der Waals surface area (Å²) in [6, 6.07) is 7.93. The highest BCUT2D eigenvalue weighted by molar-refractivity contribution is 9.10. The van der Waals surface area contributed by atoms with E-state index in [2.05, 4.69) is 15.9 Å². The molecule has 1 aromatic rings. The molecule has 0 bridgehead atoms. The largest absolute Gasteiger partial charge is 0.377 e. The van der Waals surface area contributed by atoms with E-state index in [1.807, 2.05) is 38.1 Å². The minimum Gasteiger partial charge on any atom is -0.377 e. The normalized spacial score (nSPS) is 11.8. The SMILES string of the molecule is CCOP(=O)(CCCOCc1ccccc1Br)OCC. The molecular weight excluding hydrogens is 343 g/mol. The van der Waals surface area contributed by atoms with Gasteiger partial charge in [0.1, 0.15) is 0 Å². The van der Waals surface area contributed by atoms with Crippen LogP contribution in [0.1, 0.15) is 25.8 Å². The van der Waals surface area contributed by atoms with Crippen LogP contribution in [-0.4, -0.2) is 26.0 Å². The molecule has 0 aliphatic rings. The first-order valence-corrected chi connectivity index (χ1v) is 9.32. The summed E-state index contributed by atoms with van der Waals surface area (Å²) in [6.45, 7) is 5.49. The molecule has 1 rings (SSSR count). The van der Waals surface area contributed by atoms with Gasteiger partial charge in [0.15, 0.2) is 0 Å². The van der Waals surface area contributed by atoms with Crippen LogP contribution in [0.4, 0.5) is 0 Å². The van der Waals surface area contributed by atoms with Crippen molar-refractivity contribution in [2.45, 2.75) is 26.9 Å². The van der Waals surface area contributed by atoms with Crippen molar-refractivity contribution in [3.8, 4) is 0 Å². The summed E-state index contributed by atoms with van der Waals surface area (Å²) in [5.74, 6) is 0. The highest BCUT2D eigenvalue weighted by Crippen LogP contribution is 2.48. The standard InChI is InChI=1S/C14H22BrO4P/c1-3-18-20(16,19-4-2)11-7-10-17-12-13-8-5-6-9-14(13)15/h5-6,8-9H,3-4,7,10-12H2,1-2H3. The summed E-state index contributed by atoms with van der Waals surface area (Å²) in [5.41, 5.74) is 1.10. The maximum atomic E-state index is 12.2. The molecule has 4 nitrogen and oxygen atoms in total. The molecule has 0 radical (unpaired) electrons. The van der Waals surface area contributed by atoms with Gasteiger partial charge in [0.05, 0.1) is 26.0 Å². The lowest BCUT2D eigenvalue weighted by Crippen LogP contribution is -2.04. The molecule has 114 valence electrons.